The average molecular weight is 550 g/mol. The van der Waals surface area contributed by atoms with Crippen LogP contribution in [0.5, 0.6) is 0 Å². The van der Waals surface area contributed by atoms with Gasteiger partial charge in [-0.1, -0.05) is 57.7 Å². The predicted molar refractivity (Wildman–Crippen MR) is 170 cm³/mol. The predicted octanol–water partition coefficient (Wildman–Crippen LogP) is 4.67. The number of carbonyl (C=O) groups excluding carboxylic acids is 1. The van der Waals surface area contributed by atoms with Crippen molar-refractivity contribution in [3.63, 3.8) is 0 Å². The molecule has 2 rings (SSSR count). The Morgan fingerprint density at radius 1 is 1.25 bits per heavy atom. The molecule has 1 aromatic carbocycles. The number of carbonyl (C=O) groups is 1. The third-order valence-electron chi connectivity index (χ3n) is 5.83. The molecule has 0 aliphatic carbocycles. The van der Waals surface area contributed by atoms with E-state index in [1.54, 1.807) is 12.3 Å². The Labute approximate surface area is 240 Å². The van der Waals surface area contributed by atoms with Crippen LogP contribution in [0.4, 0.5) is 0 Å². The maximum Gasteiger partial charge on any atom is 0.197 e. The molecule has 1 aliphatic rings. The molecule has 1 aliphatic heterocycles. The highest BCUT2D eigenvalue weighted by molar-refractivity contribution is 6.09. The molecule has 0 spiro atoms. The van der Waals surface area contributed by atoms with Gasteiger partial charge in [0.1, 0.15) is 12.0 Å². The number of allylic oxidation sites excluding steroid dienone is 2. The zero-order chi connectivity index (χ0) is 29.8. The van der Waals surface area contributed by atoms with Gasteiger partial charge in [0.05, 0.1) is 30.6 Å². The number of benzene rings is 1. The molecule has 0 bridgehead atoms. The second-order valence-corrected chi connectivity index (χ2v) is 9.39. The molecule has 0 radical (unpaired) electrons. The lowest BCUT2D eigenvalue weighted by Gasteiger charge is -2.18. The van der Waals surface area contributed by atoms with E-state index in [4.69, 9.17) is 0 Å². The Balaban J connectivity index is 0.00000101. The monoisotopic (exact) mass is 549 g/mol. The summed E-state index contributed by atoms with van der Waals surface area (Å²) < 4.78 is 0. The third-order valence-corrected chi connectivity index (χ3v) is 5.83. The smallest absolute Gasteiger partial charge is 0.197 e. The molecule has 9 heteroatoms. The van der Waals surface area contributed by atoms with Crippen molar-refractivity contribution >= 4 is 36.7 Å². The highest BCUT2D eigenvalue weighted by Crippen LogP contribution is 2.17. The van der Waals surface area contributed by atoms with Crippen LogP contribution in [-0.4, -0.2) is 61.9 Å². The van der Waals surface area contributed by atoms with Gasteiger partial charge in [0.15, 0.2) is 11.8 Å². The van der Waals surface area contributed by atoms with Crippen molar-refractivity contribution in [2.24, 2.45) is 25.9 Å². The van der Waals surface area contributed by atoms with Crippen LogP contribution < -0.4 is 16.0 Å². The molecule has 4 N–H and O–H groups in total. The second kappa shape index (κ2) is 20.1. The fourth-order valence-corrected chi connectivity index (χ4v) is 3.59. The van der Waals surface area contributed by atoms with Crippen LogP contribution in [0.3, 0.4) is 0 Å². The highest BCUT2D eigenvalue weighted by Gasteiger charge is 2.19. The topological polar surface area (TPSA) is 123 Å². The summed E-state index contributed by atoms with van der Waals surface area (Å²) in [5.41, 5.74) is 4.46. The molecule has 0 saturated carbocycles. The maximum atomic E-state index is 9.71. The maximum absolute atomic E-state index is 9.71. The average Bonchev–Trinajstić information content (AvgIpc) is 3.12. The first kappa shape index (κ1) is 34.2. The molecular formula is C31H47N7O2. The number of rotatable bonds is 14. The van der Waals surface area contributed by atoms with E-state index in [1.165, 1.54) is 0 Å². The molecular weight excluding hydrogens is 502 g/mol. The van der Waals surface area contributed by atoms with E-state index in [-0.39, 0.29) is 12.6 Å². The Bertz CT molecular complexity index is 1080. The lowest BCUT2D eigenvalue weighted by Crippen LogP contribution is -2.46. The van der Waals surface area contributed by atoms with Gasteiger partial charge in [-0.3, -0.25) is 15.0 Å². The molecule has 218 valence electrons. The van der Waals surface area contributed by atoms with Gasteiger partial charge in [0.2, 0.25) is 0 Å². The van der Waals surface area contributed by atoms with Crippen molar-refractivity contribution in [3.8, 4) is 0 Å². The molecule has 0 amide bonds. The van der Waals surface area contributed by atoms with Gasteiger partial charge in [-0.15, -0.1) is 0 Å². The van der Waals surface area contributed by atoms with Crippen molar-refractivity contribution in [1.29, 1.82) is 0 Å². The zero-order valence-electron chi connectivity index (χ0n) is 24.8. The number of aliphatic hydroxyl groups is 1. The lowest BCUT2D eigenvalue weighted by molar-refractivity contribution is -0.108. The Kier molecular flexibility index (Phi) is 17.2. The molecule has 9 nitrogen and oxygen atoms in total. The summed E-state index contributed by atoms with van der Waals surface area (Å²) in [4.78, 5) is 27.5. The number of amidine groups is 1. The van der Waals surface area contributed by atoms with E-state index in [0.29, 0.717) is 43.0 Å². The van der Waals surface area contributed by atoms with Crippen molar-refractivity contribution in [3.05, 3.63) is 65.5 Å². The van der Waals surface area contributed by atoms with Crippen LogP contribution in [-0.2, 0) is 11.3 Å². The summed E-state index contributed by atoms with van der Waals surface area (Å²) in [5, 5.41) is 19.4. The zero-order valence-corrected chi connectivity index (χ0v) is 24.8. The number of hydrogen-bond donors (Lipinski definition) is 4. The van der Waals surface area contributed by atoms with E-state index < -0.39 is 0 Å². The Morgan fingerprint density at radius 2 is 1.98 bits per heavy atom. The molecule has 1 atom stereocenters. The number of nitrogens with zero attached hydrogens (tertiary/aromatic N) is 4. The van der Waals surface area contributed by atoms with E-state index in [9.17, 15) is 9.90 Å². The van der Waals surface area contributed by atoms with Crippen LogP contribution >= 0.6 is 0 Å². The minimum atomic E-state index is -0.0932. The van der Waals surface area contributed by atoms with Crippen molar-refractivity contribution in [1.82, 2.24) is 16.0 Å². The van der Waals surface area contributed by atoms with Gasteiger partial charge in [0.25, 0.3) is 0 Å². The molecule has 1 heterocycles. The minimum Gasteiger partial charge on any atom is -0.394 e. The molecule has 1 aromatic rings. The normalized spacial score (nSPS) is 15.5. The van der Waals surface area contributed by atoms with E-state index in [0.717, 1.165) is 48.1 Å². The van der Waals surface area contributed by atoms with Crippen LogP contribution in [0.1, 0.15) is 65.0 Å². The first-order valence-corrected chi connectivity index (χ1v) is 13.9. The largest absolute Gasteiger partial charge is 0.394 e. The van der Waals surface area contributed by atoms with E-state index >= 15 is 0 Å². The summed E-state index contributed by atoms with van der Waals surface area (Å²) in [6, 6.07) is 8.11. The minimum absolute atomic E-state index is 0.0197. The Morgan fingerprint density at radius 3 is 2.48 bits per heavy atom. The van der Waals surface area contributed by atoms with E-state index in [1.807, 2.05) is 39.0 Å². The Hall–Kier alpha value is -3.85. The van der Waals surface area contributed by atoms with Gasteiger partial charge in [-0.2, -0.15) is 0 Å². The summed E-state index contributed by atoms with van der Waals surface area (Å²) in [5.74, 6) is 1.83. The number of guanidine groups is 1. The lowest BCUT2D eigenvalue weighted by atomic mass is 10.1. The van der Waals surface area contributed by atoms with Gasteiger partial charge in [0, 0.05) is 31.3 Å². The summed E-state index contributed by atoms with van der Waals surface area (Å²) in [6.07, 6.45) is 8.88. The highest BCUT2D eigenvalue weighted by atomic mass is 16.3. The summed E-state index contributed by atoms with van der Waals surface area (Å²) in [6.45, 7) is 19.2. The van der Waals surface area contributed by atoms with E-state index in [2.05, 4.69) is 75.2 Å². The standard InChI is InChI=1S/C25H35N7O.C6H12O/c1-6-10-21(27-8-3)19-13-11-18(12-14-19)15-29-22-16-30-25(31-20(7-2)17-33)32-24(28-9-4)23(22)26-5;1-6(2)4-3-5-7/h6,8,10-14,20,29,33H,1,5,7,9,15-17H2,2-4H3,(H2,28,30,31,32);5-6H,3-4H2,1-2H3/b21-10-,27-8?;. The first-order valence-electron chi connectivity index (χ1n) is 13.9. The van der Waals surface area contributed by atoms with Gasteiger partial charge in [-0.25, -0.2) is 4.99 Å². The summed E-state index contributed by atoms with van der Waals surface area (Å²) in [7, 11) is 0. The molecule has 0 fully saturated rings. The van der Waals surface area contributed by atoms with Crippen molar-refractivity contribution < 1.29 is 9.90 Å². The summed E-state index contributed by atoms with van der Waals surface area (Å²) >= 11 is 0. The molecule has 40 heavy (non-hydrogen) atoms. The number of aldehydes is 1. The van der Waals surface area contributed by atoms with Crippen molar-refractivity contribution in [2.45, 2.75) is 66.5 Å². The van der Waals surface area contributed by atoms with Gasteiger partial charge >= 0.3 is 0 Å². The number of aliphatic hydroxyl groups excluding tert-OH is 1. The van der Waals surface area contributed by atoms with Crippen LogP contribution in [0.2, 0.25) is 0 Å². The quantitative estimate of drug-likeness (QED) is 0.153. The number of hydrogen-bond acceptors (Lipinski definition) is 8. The fourth-order valence-electron chi connectivity index (χ4n) is 3.59. The van der Waals surface area contributed by atoms with Crippen molar-refractivity contribution in [2.75, 3.05) is 19.7 Å². The number of nitrogens with one attached hydrogen (secondary N) is 3. The van der Waals surface area contributed by atoms with Gasteiger partial charge < -0.3 is 25.9 Å². The molecule has 0 saturated heterocycles. The number of aliphatic imine (C=N–C) groups is 4. The third kappa shape index (κ3) is 12.3. The van der Waals surface area contributed by atoms with Crippen LogP contribution in [0.25, 0.3) is 5.70 Å². The fraction of sp³-hybridized carbons (Fsp3) is 0.452. The first-order chi connectivity index (χ1) is 19.4. The van der Waals surface area contributed by atoms with Crippen LogP contribution in [0, 0.1) is 5.92 Å². The molecule has 0 aromatic heterocycles. The van der Waals surface area contributed by atoms with Crippen LogP contribution in [0.15, 0.2) is 74.4 Å². The second-order valence-electron chi connectivity index (χ2n) is 9.39. The molecule has 1 unspecified atom stereocenters. The van der Waals surface area contributed by atoms with Gasteiger partial charge in [-0.05, 0) is 51.0 Å². The SMILES string of the molecule is C=C/C=C(\N=CC)c1ccc(CNC2=C(N=C)C(=NCC)NC(NC(CC)CO)=NC2)cc1.CC(C)CCC=O.